The molecule has 0 aromatic heterocycles. The molecule has 4 aromatic rings. The summed E-state index contributed by atoms with van der Waals surface area (Å²) in [6.07, 6.45) is -11.0. The molecule has 0 spiro atoms. The van der Waals surface area contributed by atoms with Crippen LogP contribution in [-0.4, -0.2) is 37.3 Å². The summed E-state index contributed by atoms with van der Waals surface area (Å²) in [4.78, 5) is 0. The van der Waals surface area contributed by atoms with Crippen molar-refractivity contribution in [3.05, 3.63) is 117 Å². The van der Waals surface area contributed by atoms with E-state index in [1.54, 1.807) is 0 Å². The molecule has 26 heteroatoms. The third kappa shape index (κ3) is 28.5. The lowest BCUT2D eigenvalue weighted by Gasteiger charge is -2.46. The highest BCUT2D eigenvalue weighted by Crippen LogP contribution is 2.42. The van der Waals surface area contributed by atoms with Gasteiger partial charge < -0.3 is 4.48 Å². The standard InChI is InChI=1S/C37H78N.C32H12BF24/c1-5-8-11-14-17-20-23-26-29-32-35-38(4,36-33-30-27-24-21-18-15-12-9-6-2)37-34-31-28-25-22-19-16-13-10-7-3;34-25(35,36)13-1-14(26(37,38)39)6-21(5-13)33(22-7-15(27(40,41)42)2-16(8-22)28(43,44)45,23-9-17(29(46,47)48)3-18(10-23)30(49,50)51)24-11-19(31(52,53)54)4-20(12-24)32(55,56)57/h5-37H2,1-4H3;1-12H/q+1;-1. The fourth-order valence-electron chi connectivity index (χ4n) is 12.3. The summed E-state index contributed by atoms with van der Waals surface area (Å²) in [5.41, 5.74) is -30.2. The molecule has 0 bridgehead atoms. The third-order valence-electron chi connectivity index (χ3n) is 17.6. The van der Waals surface area contributed by atoms with Gasteiger partial charge in [-0.1, -0.05) is 223 Å². The molecule has 0 saturated heterocycles. The summed E-state index contributed by atoms with van der Waals surface area (Å²) in [6.45, 7) is 11.3. The van der Waals surface area contributed by atoms with Gasteiger partial charge in [-0.15, -0.1) is 0 Å². The van der Waals surface area contributed by atoms with Gasteiger partial charge in [0, 0.05) is 0 Å². The van der Waals surface area contributed by atoms with Crippen molar-refractivity contribution in [3.63, 3.8) is 0 Å². The van der Waals surface area contributed by atoms with Crippen molar-refractivity contribution in [2.24, 2.45) is 0 Å². The molecule has 0 saturated carbocycles. The zero-order chi connectivity index (χ0) is 71.7. The van der Waals surface area contributed by atoms with Gasteiger partial charge in [-0.3, -0.25) is 0 Å². The van der Waals surface area contributed by atoms with E-state index in [-0.39, 0.29) is 0 Å². The van der Waals surface area contributed by atoms with Gasteiger partial charge >= 0.3 is 49.4 Å². The Morgan fingerprint density at radius 1 is 0.211 bits per heavy atom. The van der Waals surface area contributed by atoms with E-state index < -0.39 is 195 Å². The van der Waals surface area contributed by atoms with Crippen molar-refractivity contribution in [2.45, 2.75) is 263 Å². The third-order valence-corrected chi connectivity index (χ3v) is 17.6. The van der Waals surface area contributed by atoms with Crippen LogP contribution in [0.4, 0.5) is 105 Å². The van der Waals surface area contributed by atoms with Gasteiger partial charge in [0.25, 0.3) is 0 Å². The molecule has 4 rings (SSSR count). The van der Waals surface area contributed by atoms with Crippen LogP contribution in [-0.2, 0) is 49.4 Å². The van der Waals surface area contributed by atoms with Crippen molar-refractivity contribution < 1.29 is 110 Å². The predicted molar refractivity (Wildman–Crippen MR) is 326 cm³/mol. The second-order valence-electron chi connectivity index (χ2n) is 25.6. The minimum atomic E-state index is -6.13. The molecule has 542 valence electrons. The van der Waals surface area contributed by atoms with Crippen LogP contribution in [0.1, 0.15) is 258 Å². The lowest BCUT2D eigenvalue weighted by atomic mass is 9.12. The van der Waals surface area contributed by atoms with Gasteiger partial charge in [-0.2, -0.15) is 127 Å². The van der Waals surface area contributed by atoms with Crippen LogP contribution in [0.25, 0.3) is 0 Å². The van der Waals surface area contributed by atoms with Gasteiger partial charge in [-0.25, -0.2) is 0 Å². The molecular formula is C69H90BF24N. The largest absolute Gasteiger partial charge is 0.416 e. The normalized spacial score (nSPS) is 13.4. The first kappa shape index (κ1) is 84.5. The highest BCUT2D eigenvalue weighted by atomic mass is 19.4. The highest BCUT2D eigenvalue weighted by molar-refractivity contribution is 7.20. The number of rotatable bonds is 37. The summed E-state index contributed by atoms with van der Waals surface area (Å²) in [7, 11) is 2.61. The zero-order valence-corrected chi connectivity index (χ0v) is 54.4. The Labute approximate surface area is 543 Å². The van der Waals surface area contributed by atoms with Crippen molar-refractivity contribution in [3.8, 4) is 0 Å². The van der Waals surface area contributed by atoms with Crippen molar-refractivity contribution in [2.75, 3.05) is 26.7 Å². The molecule has 0 aliphatic heterocycles. The number of benzene rings is 4. The maximum Gasteiger partial charge on any atom is 0.416 e. The fraction of sp³-hybridized carbons (Fsp3) is 0.652. The van der Waals surface area contributed by atoms with Gasteiger partial charge in [0.15, 0.2) is 0 Å². The lowest BCUT2D eigenvalue weighted by molar-refractivity contribution is -0.910. The molecule has 0 radical (unpaired) electrons. The Morgan fingerprint density at radius 3 is 0.463 bits per heavy atom. The lowest BCUT2D eigenvalue weighted by Crippen LogP contribution is -2.75. The summed E-state index contributed by atoms with van der Waals surface area (Å²) >= 11 is 0. The number of hydrogen-bond donors (Lipinski definition) is 0. The first-order chi connectivity index (χ1) is 43.9. The molecule has 0 unspecified atom stereocenters. The molecular weight excluding hydrogens is 1310 g/mol. The van der Waals surface area contributed by atoms with Crippen molar-refractivity contribution >= 4 is 28.0 Å². The molecule has 1 nitrogen and oxygen atoms in total. The van der Waals surface area contributed by atoms with Gasteiger partial charge in [0.05, 0.1) is 71.2 Å². The smallest absolute Gasteiger partial charge is 0.326 e. The predicted octanol–water partition coefficient (Wildman–Crippen LogP) is 24.4. The van der Waals surface area contributed by atoms with E-state index in [2.05, 4.69) is 27.8 Å². The maximum absolute atomic E-state index is 14.2. The Hall–Kier alpha value is -4.78. The minimum Gasteiger partial charge on any atom is -0.326 e. The maximum atomic E-state index is 14.2. The molecule has 0 fully saturated rings. The SMILES string of the molecule is CCCCCCCCCCCC[N+](C)(CCCCCCCCCCCC)CCCCCCCCCCCC.FC(F)(F)c1cc([B-](c2cc(C(F)(F)F)cc(C(F)(F)F)c2)(c2cc(C(F)(F)F)cc(C(F)(F)F)c2)c2cc(C(F)(F)F)cc(C(F)(F)F)c2)cc(C(F)(F)F)c1. The van der Waals surface area contributed by atoms with Crippen LogP contribution in [0, 0.1) is 0 Å². The monoisotopic (exact) mass is 1400 g/mol. The van der Waals surface area contributed by atoms with Crippen LogP contribution in [0.5, 0.6) is 0 Å². The number of halogens is 24. The average Bonchev–Trinajstić information content (AvgIpc) is 0.709. The van der Waals surface area contributed by atoms with E-state index in [0.29, 0.717) is 0 Å². The first-order valence-corrected chi connectivity index (χ1v) is 33.1. The van der Waals surface area contributed by atoms with Crippen molar-refractivity contribution in [1.82, 2.24) is 0 Å². The number of unbranched alkanes of at least 4 members (excludes halogenated alkanes) is 27. The molecule has 0 heterocycles. The topological polar surface area (TPSA) is 0 Å². The van der Waals surface area contributed by atoms with E-state index in [1.165, 1.54) is 217 Å². The van der Waals surface area contributed by atoms with E-state index in [4.69, 9.17) is 0 Å². The van der Waals surface area contributed by atoms with Gasteiger partial charge in [0.2, 0.25) is 0 Å². The van der Waals surface area contributed by atoms with Crippen LogP contribution in [0.15, 0.2) is 72.8 Å². The summed E-state index contributed by atoms with van der Waals surface area (Å²) in [6, 6.07) is -8.81. The Kier molecular flexibility index (Phi) is 33.3. The fourth-order valence-corrected chi connectivity index (χ4v) is 12.3. The van der Waals surface area contributed by atoms with E-state index >= 15 is 0 Å². The van der Waals surface area contributed by atoms with Crippen molar-refractivity contribution in [1.29, 1.82) is 0 Å². The molecule has 4 aromatic carbocycles. The van der Waals surface area contributed by atoms with E-state index in [1.807, 2.05) is 0 Å². The average molecular weight is 1400 g/mol. The minimum absolute atomic E-state index is 0.691. The molecule has 0 amide bonds. The molecule has 0 atom stereocenters. The summed E-state index contributed by atoms with van der Waals surface area (Å²) in [5, 5.41) is 0. The van der Waals surface area contributed by atoms with Gasteiger partial charge in [0.1, 0.15) is 6.15 Å². The number of quaternary nitrogens is 1. The van der Waals surface area contributed by atoms with E-state index in [9.17, 15) is 105 Å². The van der Waals surface area contributed by atoms with Crippen LogP contribution in [0.3, 0.4) is 0 Å². The molecule has 0 aliphatic carbocycles. The second kappa shape index (κ2) is 37.4. The van der Waals surface area contributed by atoms with E-state index in [0.717, 1.165) is 0 Å². The molecule has 0 N–H and O–H groups in total. The summed E-state index contributed by atoms with van der Waals surface area (Å²) < 4.78 is 342. The number of nitrogens with zero attached hydrogens (tertiary/aromatic N) is 1. The van der Waals surface area contributed by atoms with Crippen LogP contribution >= 0.6 is 0 Å². The molecule has 0 aliphatic rings. The Bertz CT molecular complexity index is 2360. The molecule has 95 heavy (non-hydrogen) atoms. The number of hydrogen-bond acceptors (Lipinski definition) is 0. The Morgan fingerprint density at radius 2 is 0.337 bits per heavy atom. The zero-order valence-electron chi connectivity index (χ0n) is 54.4. The second-order valence-corrected chi connectivity index (χ2v) is 25.6. The van der Waals surface area contributed by atoms with Crippen LogP contribution < -0.4 is 21.9 Å². The quantitative estimate of drug-likeness (QED) is 0.0183. The van der Waals surface area contributed by atoms with Gasteiger partial charge in [-0.05, 0) is 62.8 Å². The van der Waals surface area contributed by atoms with Crippen LogP contribution in [0.2, 0.25) is 0 Å². The summed E-state index contributed by atoms with van der Waals surface area (Å²) in [5.74, 6) is 0. The first-order valence-electron chi connectivity index (χ1n) is 33.1. The highest BCUT2D eigenvalue weighted by Gasteiger charge is 2.47. The Balaban J connectivity index is 0.000000540. The number of alkyl halides is 24.